The molecular formula is C26H22FN3O5. The maximum Gasteiger partial charge on any atom is 0.329 e. The molecule has 0 aliphatic carbocycles. The van der Waals surface area contributed by atoms with Crippen LogP contribution in [0.5, 0.6) is 11.5 Å². The predicted octanol–water partition coefficient (Wildman–Crippen LogP) is 3.94. The molecule has 3 aromatic carbocycles. The van der Waals surface area contributed by atoms with Gasteiger partial charge in [-0.25, -0.2) is 9.18 Å². The van der Waals surface area contributed by atoms with Crippen molar-refractivity contribution >= 4 is 29.6 Å². The van der Waals surface area contributed by atoms with Crippen LogP contribution in [0.4, 0.5) is 14.9 Å². The number of amides is 4. The monoisotopic (exact) mass is 475 g/mol. The molecule has 0 unspecified atom stereocenters. The van der Waals surface area contributed by atoms with Crippen molar-refractivity contribution in [2.45, 2.75) is 6.54 Å². The van der Waals surface area contributed by atoms with Gasteiger partial charge in [-0.05, 0) is 53.6 Å². The molecule has 0 spiro atoms. The number of methoxy groups -OCH3 is 1. The van der Waals surface area contributed by atoms with E-state index in [0.29, 0.717) is 28.3 Å². The van der Waals surface area contributed by atoms with Gasteiger partial charge in [0.2, 0.25) is 0 Å². The molecular weight excluding hydrogens is 453 g/mol. The van der Waals surface area contributed by atoms with Gasteiger partial charge in [-0.3, -0.25) is 14.5 Å². The molecule has 1 aliphatic rings. The molecule has 0 bridgehead atoms. The van der Waals surface area contributed by atoms with Crippen LogP contribution in [0.2, 0.25) is 0 Å². The van der Waals surface area contributed by atoms with E-state index in [2.05, 4.69) is 10.6 Å². The molecule has 0 saturated carbocycles. The molecule has 3 aromatic rings. The highest BCUT2D eigenvalue weighted by atomic mass is 19.1. The molecule has 35 heavy (non-hydrogen) atoms. The van der Waals surface area contributed by atoms with E-state index in [1.807, 2.05) is 18.2 Å². The molecule has 2 N–H and O–H groups in total. The number of hydrogen-bond donors (Lipinski definition) is 2. The summed E-state index contributed by atoms with van der Waals surface area (Å²) in [5.41, 5.74) is 1.95. The Hall–Kier alpha value is -4.66. The Morgan fingerprint density at radius 3 is 2.49 bits per heavy atom. The van der Waals surface area contributed by atoms with Gasteiger partial charge in [0.15, 0.2) is 18.1 Å². The topological polar surface area (TPSA) is 97.0 Å². The number of carbonyl (C=O) groups excluding carboxylic acids is 3. The van der Waals surface area contributed by atoms with Crippen LogP contribution < -0.4 is 20.1 Å². The Balaban J connectivity index is 1.42. The molecule has 9 heteroatoms. The minimum absolute atomic E-state index is 0.0173. The lowest BCUT2D eigenvalue weighted by atomic mass is 10.1. The summed E-state index contributed by atoms with van der Waals surface area (Å²) in [4.78, 5) is 38.2. The lowest BCUT2D eigenvalue weighted by molar-refractivity contribution is -0.123. The summed E-state index contributed by atoms with van der Waals surface area (Å²) >= 11 is 0. The van der Waals surface area contributed by atoms with Crippen molar-refractivity contribution in [3.63, 3.8) is 0 Å². The Morgan fingerprint density at radius 1 is 1.03 bits per heavy atom. The highest BCUT2D eigenvalue weighted by Crippen LogP contribution is 2.29. The van der Waals surface area contributed by atoms with E-state index in [1.54, 1.807) is 30.3 Å². The smallest absolute Gasteiger partial charge is 0.329 e. The van der Waals surface area contributed by atoms with Crippen LogP contribution in [0.1, 0.15) is 11.1 Å². The number of carbonyl (C=O) groups is 3. The van der Waals surface area contributed by atoms with E-state index in [4.69, 9.17) is 9.47 Å². The Labute approximate surface area is 201 Å². The summed E-state index contributed by atoms with van der Waals surface area (Å²) in [5.74, 6) is -0.532. The first-order valence-electron chi connectivity index (χ1n) is 10.7. The maximum atomic E-state index is 13.1. The Kier molecular flexibility index (Phi) is 7.06. The second-order valence-corrected chi connectivity index (χ2v) is 7.62. The van der Waals surface area contributed by atoms with Crippen LogP contribution in [0.3, 0.4) is 0 Å². The number of rotatable bonds is 8. The number of urea groups is 1. The third-order valence-electron chi connectivity index (χ3n) is 5.13. The number of anilines is 1. The molecule has 0 atom stereocenters. The highest BCUT2D eigenvalue weighted by molar-refractivity contribution is 6.13. The first-order valence-corrected chi connectivity index (χ1v) is 10.7. The first-order chi connectivity index (χ1) is 16.9. The van der Waals surface area contributed by atoms with Crippen LogP contribution in [-0.4, -0.2) is 36.5 Å². The molecule has 1 heterocycles. The minimum atomic E-state index is -0.568. The standard InChI is InChI=1S/C26H22FN3O5/c1-34-23-14-18(9-12-22(23)35-16-24(31)28-20-5-3-2-4-6-20)13-21-25(32)30(26(33)29-21)15-17-7-10-19(27)11-8-17/h2-14H,15-16H2,1H3,(H,28,31)(H,29,33). The molecule has 0 aromatic heterocycles. The SMILES string of the molecule is COc1cc(C=C2NC(=O)N(Cc3ccc(F)cc3)C2=O)ccc1OCC(=O)Nc1ccccc1. The van der Waals surface area contributed by atoms with Gasteiger partial charge in [0.25, 0.3) is 11.8 Å². The average Bonchev–Trinajstić information content (AvgIpc) is 3.12. The Bertz CT molecular complexity index is 1280. The van der Waals surface area contributed by atoms with E-state index in [9.17, 15) is 18.8 Å². The summed E-state index contributed by atoms with van der Waals surface area (Å²) in [7, 11) is 1.45. The maximum absolute atomic E-state index is 13.1. The molecule has 4 rings (SSSR count). The second-order valence-electron chi connectivity index (χ2n) is 7.62. The van der Waals surface area contributed by atoms with Gasteiger partial charge >= 0.3 is 6.03 Å². The van der Waals surface area contributed by atoms with Crippen molar-refractivity contribution in [3.8, 4) is 11.5 Å². The summed E-state index contributed by atoms with van der Waals surface area (Å²) < 4.78 is 24.1. The molecule has 0 radical (unpaired) electrons. The Morgan fingerprint density at radius 2 is 1.77 bits per heavy atom. The zero-order chi connectivity index (χ0) is 24.8. The van der Waals surface area contributed by atoms with E-state index < -0.39 is 17.8 Å². The third-order valence-corrected chi connectivity index (χ3v) is 5.13. The predicted molar refractivity (Wildman–Crippen MR) is 127 cm³/mol. The zero-order valence-corrected chi connectivity index (χ0v) is 18.8. The first kappa shape index (κ1) is 23.5. The van der Waals surface area contributed by atoms with E-state index >= 15 is 0 Å². The van der Waals surface area contributed by atoms with Crippen LogP contribution >= 0.6 is 0 Å². The number of para-hydroxylation sites is 1. The van der Waals surface area contributed by atoms with Crippen molar-refractivity contribution in [2.75, 3.05) is 19.0 Å². The van der Waals surface area contributed by atoms with E-state index in [0.717, 1.165) is 4.90 Å². The van der Waals surface area contributed by atoms with Gasteiger partial charge in [-0.2, -0.15) is 0 Å². The summed E-state index contributed by atoms with van der Waals surface area (Å²) in [6.45, 7) is -0.206. The van der Waals surface area contributed by atoms with Gasteiger partial charge in [0.05, 0.1) is 13.7 Å². The molecule has 1 aliphatic heterocycles. The largest absolute Gasteiger partial charge is 0.493 e. The molecule has 8 nitrogen and oxygen atoms in total. The summed E-state index contributed by atoms with van der Waals surface area (Å²) in [5, 5.41) is 5.28. The molecule has 4 amide bonds. The van der Waals surface area contributed by atoms with E-state index in [-0.39, 0.29) is 24.8 Å². The average molecular weight is 475 g/mol. The number of nitrogens with zero attached hydrogens (tertiary/aromatic N) is 1. The summed E-state index contributed by atoms with van der Waals surface area (Å²) in [6.07, 6.45) is 1.51. The van der Waals surface area contributed by atoms with Crippen molar-refractivity contribution in [2.24, 2.45) is 0 Å². The zero-order valence-electron chi connectivity index (χ0n) is 18.8. The lowest BCUT2D eigenvalue weighted by Gasteiger charge is -2.12. The molecule has 1 saturated heterocycles. The van der Waals surface area contributed by atoms with Gasteiger partial charge < -0.3 is 20.1 Å². The number of hydrogen-bond acceptors (Lipinski definition) is 5. The number of halogens is 1. The van der Waals surface area contributed by atoms with Crippen LogP contribution in [-0.2, 0) is 16.1 Å². The van der Waals surface area contributed by atoms with Crippen molar-refractivity contribution in [1.82, 2.24) is 10.2 Å². The lowest BCUT2D eigenvalue weighted by Crippen LogP contribution is -2.30. The molecule has 178 valence electrons. The third kappa shape index (κ3) is 5.83. The fraction of sp³-hybridized carbons (Fsp3) is 0.115. The fourth-order valence-electron chi connectivity index (χ4n) is 3.41. The van der Waals surface area contributed by atoms with Gasteiger partial charge in [0.1, 0.15) is 11.5 Å². The number of nitrogens with one attached hydrogen (secondary N) is 2. The van der Waals surface area contributed by atoms with Crippen LogP contribution in [0.15, 0.2) is 78.5 Å². The minimum Gasteiger partial charge on any atom is -0.493 e. The van der Waals surface area contributed by atoms with Crippen molar-refractivity contribution < 1.29 is 28.2 Å². The number of imide groups is 1. The van der Waals surface area contributed by atoms with Crippen molar-refractivity contribution in [1.29, 1.82) is 0 Å². The quantitative estimate of drug-likeness (QED) is 0.380. The van der Waals surface area contributed by atoms with Crippen molar-refractivity contribution in [3.05, 3.63) is 95.4 Å². The normalized spacial score (nSPS) is 14.1. The number of benzene rings is 3. The van der Waals surface area contributed by atoms with Gasteiger partial charge in [0, 0.05) is 5.69 Å². The number of ether oxygens (including phenoxy) is 2. The fourth-order valence-corrected chi connectivity index (χ4v) is 3.41. The highest BCUT2D eigenvalue weighted by Gasteiger charge is 2.33. The van der Waals surface area contributed by atoms with E-state index in [1.165, 1.54) is 37.5 Å². The summed E-state index contributed by atoms with van der Waals surface area (Å²) in [6, 6.07) is 18.9. The molecule has 1 fully saturated rings. The van der Waals surface area contributed by atoms with Crippen LogP contribution in [0.25, 0.3) is 6.08 Å². The van der Waals surface area contributed by atoms with Gasteiger partial charge in [-0.1, -0.05) is 36.4 Å². The van der Waals surface area contributed by atoms with Gasteiger partial charge in [-0.15, -0.1) is 0 Å². The van der Waals surface area contributed by atoms with Crippen LogP contribution in [0, 0.1) is 5.82 Å². The second kappa shape index (κ2) is 10.5.